The van der Waals surface area contributed by atoms with Crippen molar-refractivity contribution in [3.63, 3.8) is 0 Å². The van der Waals surface area contributed by atoms with E-state index in [1.807, 2.05) is 0 Å². The number of hydrogen-bond donors (Lipinski definition) is 3. The second-order valence-electron chi connectivity index (χ2n) is 3.76. The largest absolute Gasteiger partial charge is 0.573 e. The van der Waals surface area contributed by atoms with Crippen LogP contribution in [-0.2, 0) is 0 Å². The van der Waals surface area contributed by atoms with E-state index in [9.17, 15) is 13.2 Å². The molecule has 1 unspecified atom stereocenters. The molecule has 1 rings (SSSR count). The molecular weight excluding hydrogens is 251 g/mol. The van der Waals surface area contributed by atoms with E-state index < -0.39 is 19.1 Å². The first kappa shape index (κ1) is 14.6. The number of halogens is 3. The summed E-state index contributed by atoms with van der Waals surface area (Å²) in [5.74, 6) is -0.377. The molecule has 1 aromatic carbocycles. The van der Waals surface area contributed by atoms with Crippen LogP contribution in [0.1, 0.15) is 5.56 Å². The number of aliphatic hydroxyl groups excluding tert-OH is 2. The van der Waals surface area contributed by atoms with Crippen LogP contribution in [0, 0.1) is 6.92 Å². The van der Waals surface area contributed by atoms with Gasteiger partial charge in [-0.25, -0.2) is 0 Å². The van der Waals surface area contributed by atoms with Crippen LogP contribution in [0.25, 0.3) is 0 Å². The van der Waals surface area contributed by atoms with Gasteiger partial charge in [-0.05, 0) is 24.6 Å². The summed E-state index contributed by atoms with van der Waals surface area (Å²) in [4.78, 5) is 0. The van der Waals surface area contributed by atoms with Crippen molar-refractivity contribution in [2.75, 3.05) is 18.5 Å². The lowest BCUT2D eigenvalue weighted by Crippen LogP contribution is -2.24. The Kier molecular flexibility index (Phi) is 4.80. The molecule has 0 bridgehead atoms. The third kappa shape index (κ3) is 4.80. The van der Waals surface area contributed by atoms with Crippen molar-refractivity contribution in [2.45, 2.75) is 19.4 Å². The smallest absolute Gasteiger partial charge is 0.404 e. The molecule has 1 aromatic rings. The highest BCUT2D eigenvalue weighted by atomic mass is 19.4. The first-order chi connectivity index (χ1) is 8.31. The second kappa shape index (κ2) is 5.92. The van der Waals surface area contributed by atoms with E-state index in [4.69, 9.17) is 10.2 Å². The normalized spacial score (nSPS) is 13.2. The fourth-order valence-electron chi connectivity index (χ4n) is 1.29. The minimum Gasteiger partial charge on any atom is -0.404 e. The highest BCUT2D eigenvalue weighted by molar-refractivity contribution is 5.58. The number of alkyl halides is 3. The Bertz CT molecular complexity index is 396. The molecule has 0 fully saturated rings. The molecule has 4 nitrogen and oxygen atoms in total. The number of hydrogen-bond acceptors (Lipinski definition) is 4. The standard InChI is InChI=1S/C11H14F3NO3/c1-7-2-3-10(18-11(12,13)14)9(4-7)15-5-8(17)6-16/h2-4,8,15-17H,5-6H2,1H3. The van der Waals surface area contributed by atoms with Crippen molar-refractivity contribution >= 4 is 5.69 Å². The van der Waals surface area contributed by atoms with Crippen LogP contribution in [0.3, 0.4) is 0 Å². The topological polar surface area (TPSA) is 61.7 Å². The average Bonchev–Trinajstić information content (AvgIpc) is 2.27. The zero-order valence-corrected chi connectivity index (χ0v) is 9.66. The van der Waals surface area contributed by atoms with Crippen molar-refractivity contribution in [3.8, 4) is 5.75 Å². The average molecular weight is 265 g/mol. The van der Waals surface area contributed by atoms with Gasteiger partial charge in [0, 0.05) is 6.54 Å². The van der Waals surface area contributed by atoms with Crippen LogP contribution < -0.4 is 10.1 Å². The minimum absolute atomic E-state index is 0.0752. The van der Waals surface area contributed by atoms with Gasteiger partial charge in [-0.1, -0.05) is 6.07 Å². The van der Waals surface area contributed by atoms with Crippen molar-refractivity contribution in [3.05, 3.63) is 23.8 Å². The number of aryl methyl sites for hydroxylation is 1. The molecule has 18 heavy (non-hydrogen) atoms. The molecule has 0 spiro atoms. The number of nitrogens with one attached hydrogen (secondary N) is 1. The first-order valence-corrected chi connectivity index (χ1v) is 5.21. The van der Waals surface area contributed by atoms with Gasteiger partial charge in [0.1, 0.15) is 0 Å². The number of benzene rings is 1. The van der Waals surface area contributed by atoms with E-state index in [0.717, 1.165) is 5.56 Å². The van der Waals surface area contributed by atoms with Gasteiger partial charge in [0.2, 0.25) is 0 Å². The van der Waals surface area contributed by atoms with Crippen LogP contribution >= 0.6 is 0 Å². The van der Waals surface area contributed by atoms with Gasteiger partial charge in [-0.3, -0.25) is 0 Å². The predicted molar refractivity (Wildman–Crippen MR) is 59.4 cm³/mol. The molecule has 0 amide bonds. The Morgan fingerprint density at radius 3 is 2.61 bits per heavy atom. The summed E-state index contributed by atoms with van der Waals surface area (Å²) in [6.07, 6.45) is -5.83. The first-order valence-electron chi connectivity index (χ1n) is 5.21. The predicted octanol–water partition coefficient (Wildman–Crippen LogP) is 1.66. The van der Waals surface area contributed by atoms with Gasteiger partial charge in [-0.2, -0.15) is 0 Å². The lowest BCUT2D eigenvalue weighted by Gasteiger charge is -2.16. The Hall–Kier alpha value is -1.47. The van der Waals surface area contributed by atoms with Gasteiger partial charge >= 0.3 is 6.36 Å². The molecule has 7 heteroatoms. The molecule has 0 saturated carbocycles. The van der Waals surface area contributed by atoms with Crippen LogP contribution in [0.15, 0.2) is 18.2 Å². The van der Waals surface area contributed by atoms with Gasteiger partial charge in [0.05, 0.1) is 18.4 Å². The van der Waals surface area contributed by atoms with Crippen molar-refractivity contribution in [2.24, 2.45) is 0 Å². The summed E-state index contributed by atoms with van der Waals surface area (Å²) in [6.45, 7) is 1.16. The van der Waals surface area contributed by atoms with Crippen LogP contribution in [0.5, 0.6) is 5.75 Å². The summed E-state index contributed by atoms with van der Waals surface area (Å²) in [7, 11) is 0. The molecule has 0 aliphatic carbocycles. The molecule has 0 heterocycles. The number of ether oxygens (including phenoxy) is 1. The van der Waals surface area contributed by atoms with Crippen molar-refractivity contribution in [1.29, 1.82) is 0 Å². The third-order valence-corrected chi connectivity index (χ3v) is 2.10. The van der Waals surface area contributed by atoms with E-state index in [1.54, 1.807) is 6.92 Å². The highest BCUT2D eigenvalue weighted by Crippen LogP contribution is 2.30. The Balaban J connectivity index is 2.83. The monoisotopic (exact) mass is 265 g/mol. The molecule has 0 aliphatic rings. The van der Waals surface area contributed by atoms with E-state index in [2.05, 4.69) is 10.1 Å². The molecule has 0 saturated heterocycles. The summed E-state index contributed by atoms with van der Waals surface area (Å²) in [5.41, 5.74) is 0.852. The highest BCUT2D eigenvalue weighted by Gasteiger charge is 2.32. The van der Waals surface area contributed by atoms with E-state index in [1.165, 1.54) is 18.2 Å². The zero-order valence-electron chi connectivity index (χ0n) is 9.66. The summed E-state index contributed by atoms with van der Waals surface area (Å²) >= 11 is 0. The van der Waals surface area contributed by atoms with Crippen LogP contribution in [-0.4, -0.2) is 35.8 Å². The number of anilines is 1. The SMILES string of the molecule is Cc1ccc(OC(F)(F)F)c(NCC(O)CO)c1. The molecule has 1 atom stereocenters. The maximum absolute atomic E-state index is 12.1. The maximum atomic E-state index is 12.1. The number of rotatable bonds is 5. The number of aliphatic hydroxyl groups is 2. The molecule has 3 N–H and O–H groups in total. The second-order valence-corrected chi connectivity index (χ2v) is 3.76. The van der Waals surface area contributed by atoms with Gasteiger partial charge in [-0.15, -0.1) is 13.2 Å². The van der Waals surface area contributed by atoms with E-state index >= 15 is 0 Å². The molecule has 102 valence electrons. The fourth-order valence-corrected chi connectivity index (χ4v) is 1.29. The third-order valence-electron chi connectivity index (χ3n) is 2.10. The minimum atomic E-state index is -4.78. The molecule has 0 aliphatic heterocycles. The molecule has 0 aromatic heterocycles. The van der Waals surface area contributed by atoms with E-state index in [-0.39, 0.29) is 18.0 Å². The molecular formula is C11H14F3NO3. The lowest BCUT2D eigenvalue weighted by molar-refractivity contribution is -0.274. The van der Waals surface area contributed by atoms with Gasteiger partial charge in [0.15, 0.2) is 5.75 Å². The Morgan fingerprint density at radius 2 is 2.06 bits per heavy atom. The zero-order chi connectivity index (χ0) is 13.8. The summed E-state index contributed by atoms with van der Waals surface area (Å²) in [6, 6.07) is 4.14. The van der Waals surface area contributed by atoms with E-state index in [0.29, 0.717) is 0 Å². The lowest BCUT2D eigenvalue weighted by atomic mass is 10.2. The van der Waals surface area contributed by atoms with Crippen molar-refractivity contribution < 1.29 is 28.1 Å². The van der Waals surface area contributed by atoms with Crippen molar-refractivity contribution in [1.82, 2.24) is 0 Å². The quantitative estimate of drug-likeness (QED) is 0.757. The summed E-state index contributed by atoms with van der Waals surface area (Å²) in [5, 5.41) is 20.4. The fraction of sp³-hybridized carbons (Fsp3) is 0.455. The Morgan fingerprint density at radius 1 is 1.39 bits per heavy atom. The van der Waals surface area contributed by atoms with Gasteiger partial charge < -0.3 is 20.3 Å². The van der Waals surface area contributed by atoms with Gasteiger partial charge in [0.25, 0.3) is 0 Å². The molecule has 0 radical (unpaired) electrons. The Labute approximate surface area is 102 Å². The van der Waals surface area contributed by atoms with Crippen LogP contribution in [0.2, 0.25) is 0 Å². The van der Waals surface area contributed by atoms with Crippen LogP contribution in [0.4, 0.5) is 18.9 Å². The summed E-state index contributed by atoms with van der Waals surface area (Å²) < 4.78 is 40.3. The maximum Gasteiger partial charge on any atom is 0.573 e.